The van der Waals surface area contributed by atoms with E-state index in [1.54, 1.807) is 18.8 Å². The van der Waals surface area contributed by atoms with Gasteiger partial charge in [0, 0.05) is 11.8 Å². The first-order valence-electron chi connectivity index (χ1n) is 6.34. The summed E-state index contributed by atoms with van der Waals surface area (Å²) in [6.07, 6.45) is 3.00. The van der Waals surface area contributed by atoms with Gasteiger partial charge in [-0.25, -0.2) is 0 Å². The zero-order valence-corrected chi connectivity index (χ0v) is 11.8. The van der Waals surface area contributed by atoms with E-state index >= 15 is 0 Å². The average Bonchev–Trinajstić information content (AvgIpc) is 2.79. The number of hydrogen-bond donors (Lipinski definition) is 3. The number of nitrogens with one attached hydrogen (secondary N) is 2. The molecule has 0 bridgehead atoms. The maximum Gasteiger partial charge on any atom is 0.323 e. The van der Waals surface area contributed by atoms with Crippen LogP contribution in [-0.4, -0.2) is 47.1 Å². The standard InChI is InChI=1S/C12H22N2O3S/c1-3-6-14-10(15)8-18-9-4-5-12(7-9,13-2)11(16)17/h9,13H,3-8H2,1-2H3,(H,14,15)(H,16,17). The van der Waals surface area contributed by atoms with Crippen LogP contribution in [0.3, 0.4) is 0 Å². The van der Waals surface area contributed by atoms with Crippen LogP contribution in [-0.2, 0) is 9.59 Å². The molecular weight excluding hydrogens is 252 g/mol. The second kappa shape index (κ2) is 6.99. The Morgan fingerprint density at radius 3 is 2.72 bits per heavy atom. The Hall–Kier alpha value is -0.750. The molecule has 5 nitrogen and oxygen atoms in total. The van der Waals surface area contributed by atoms with Crippen LogP contribution in [0.1, 0.15) is 32.6 Å². The molecule has 0 aromatic carbocycles. The molecule has 6 heteroatoms. The minimum atomic E-state index is -0.794. The molecule has 18 heavy (non-hydrogen) atoms. The SMILES string of the molecule is CCCNC(=O)CSC1CCC(NC)(C(=O)O)C1. The highest BCUT2D eigenvalue weighted by Gasteiger charge is 2.44. The number of thioether (sulfide) groups is 1. The predicted octanol–water partition coefficient (Wildman–Crippen LogP) is 0.841. The number of carbonyl (C=O) groups excluding carboxylic acids is 1. The molecule has 0 saturated heterocycles. The Bertz CT molecular complexity index is 312. The highest BCUT2D eigenvalue weighted by Crippen LogP contribution is 2.37. The van der Waals surface area contributed by atoms with Crippen LogP contribution >= 0.6 is 11.8 Å². The molecule has 1 fully saturated rings. The first kappa shape index (κ1) is 15.3. The second-order valence-electron chi connectivity index (χ2n) is 4.66. The zero-order chi connectivity index (χ0) is 13.6. The highest BCUT2D eigenvalue weighted by molar-refractivity contribution is 8.00. The van der Waals surface area contributed by atoms with E-state index in [4.69, 9.17) is 0 Å². The molecule has 1 amide bonds. The van der Waals surface area contributed by atoms with Gasteiger partial charge in [-0.2, -0.15) is 0 Å². The van der Waals surface area contributed by atoms with Crippen molar-refractivity contribution < 1.29 is 14.7 Å². The topological polar surface area (TPSA) is 78.4 Å². The van der Waals surface area contributed by atoms with Gasteiger partial charge in [-0.05, 0) is 32.7 Å². The smallest absolute Gasteiger partial charge is 0.323 e. The molecule has 1 rings (SSSR count). The quantitative estimate of drug-likeness (QED) is 0.641. The predicted molar refractivity (Wildman–Crippen MR) is 72.8 cm³/mol. The maximum atomic E-state index is 11.5. The zero-order valence-electron chi connectivity index (χ0n) is 11.0. The van der Waals surface area contributed by atoms with Crippen molar-refractivity contribution >= 4 is 23.6 Å². The number of carboxylic acid groups (broad SMARTS) is 1. The van der Waals surface area contributed by atoms with Crippen molar-refractivity contribution in [3.8, 4) is 0 Å². The molecule has 0 aromatic heterocycles. The lowest BCUT2D eigenvalue weighted by molar-refractivity contribution is -0.144. The second-order valence-corrected chi connectivity index (χ2v) is 5.95. The van der Waals surface area contributed by atoms with E-state index in [0.717, 1.165) is 12.8 Å². The van der Waals surface area contributed by atoms with Crippen molar-refractivity contribution in [3.05, 3.63) is 0 Å². The molecule has 2 atom stereocenters. The maximum absolute atomic E-state index is 11.5. The van der Waals surface area contributed by atoms with Crippen molar-refractivity contribution in [1.82, 2.24) is 10.6 Å². The van der Waals surface area contributed by atoms with Crippen molar-refractivity contribution in [1.29, 1.82) is 0 Å². The van der Waals surface area contributed by atoms with E-state index < -0.39 is 11.5 Å². The van der Waals surface area contributed by atoms with Gasteiger partial charge in [0.25, 0.3) is 0 Å². The van der Waals surface area contributed by atoms with Gasteiger partial charge in [0.05, 0.1) is 5.75 Å². The summed E-state index contributed by atoms with van der Waals surface area (Å²) in [5.74, 6) is -0.327. The Morgan fingerprint density at radius 1 is 1.50 bits per heavy atom. The monoisotopic (exact) mass is 274 g/mol. The van der Waals surface area contributed by atoms with Crippen LogP contribution in [0.2, 0.25) is 0 Å². The Balaban J connectivity index is 2.34. The molecule has 0 aliphatic heterocycles. The molecular formula is C12H22N2O3S. The van der Waals surface area contributed by atoms with Crippen LogP contribution in [0, 0.1) is 0 Å². The lowest BCUT2D eigenvalue weighted by Crippen LogP contribution is -2.48. The number of carbonyl (C=O) groups is 2. The lowest BCUT2D eigenvalue weighted by atomic mass is 9.99. The van der Waals surface area contributed by atoms with Gasteiger partial charge in [-0.3, -0.25) is 9.59 Å². The first-order chi connectivity index (χ1) is 8.54. The first-order valence-corrected chi connectivity index (χ1v) is 7.39. The summed E-state index contributed by atoms with van der Waals surface area (Å²) in [6, 6.07) is 0. The fourth-order valence-electron chi connectivity index (χ4n) is 2.18. The summed E-state index contributed by atoms with van der Waals surface area (Å²) >= 11 is 1.56. The molecule has 3 N–H and O–H groups in total. The fourth-order valence-corrected chi connectivity index (χ4v) is 3.36. The largest absolute Gasteiger partial charge is 0.480 e. The van der Waals surface area contributed by atoms with Crippen molar-refractivity contribution in [3.63, 3.8) is 0 Å². The Kier molecular flexibility index (Phi) is 5.95. The van der Waals surface area contributed by atoms with Crippen molar-refractivity contribution in [2.45, 2.75) is 43.4 Å². The lowest BCUT2D eigenvalue weighted by Gasteiger charge is -2.23. The molecule has 1 saturated carbocycles. The Labute approximate surface area is 112 Å². The summed E-state index contributed by atoms with van der Waals surface area (Å²) in [5.41, 5.74) is -0.794. The van der Waals surface area contributed by atoms with Crippen LogP contribution in [0.5, 0.6) is 0 Å². The van der Waals surface area contributed by atoms with Gasteiger partial charge >= 0.3 is 5.97 Å². The summed E-state index contributed by atoms with van der Waals surface area (Å²) in [6.45, 7) is 2.72. The molecule has 0 radical (unpaired) electrons. The summed E-state index contributed by atoms with van der Waals surface area (Å²) in [5, 5.41) is 15.2. The van der Waals surface area contributed by atoms with Crippen LogP contribution in [0.4, 0.5) is 0 Å². The highest BCUT2D eigenvalue weighted by atomic mass is 32.2. The minimum absolute atomic E-state index is 0.0409. The normalized spacial score (nSPS) is 27.1. The van der Waals surface area contributed by atoms with Crippen LogP contribution in [0.15, 0.2) is 0 Å². The van der Waals surface area contributed by atoms with Gasteiger partial charge in [0.15, 0.2) is 0 Å². The third-order valence-electron chi connectivity index (χ3n) is 3.38. The molecule has 104 valence electrons. The molecule has 1 aliphatic rings. The van der Waals surface area contributed by atoms with Crippen LogP contribution in [0.25, 0.3) is 0 Å². The summed E-state index contributed by atoms with van der Waals surface area (Å²) in [7, 11) is 1.69. The minimum Gasteiger partial charge on any atom is -0.480 e. The number of aliphatic carboxylic acids is 1. The number of likely N-dealkylation sites (N-methyl/N-ethyl adjacent to an activating group) is 1. The van der Waals surface area contributed by atoms with Crippen molar-refractivity contribution in [2.75, 3.05) is 19.3 Å². The molecule has 0 heterocycles. The van der Waals surface area contributed by atoms with E-state index in [9.17, 15) is 14.7 Å². The molecule has 0 spiro atoms. The van der Waals surface area contributed by atoms with Crippen molar-refractivity contribution in [2.24, 2.45) is 0 Å². The van der Waals surface area contributed by atoms with E-state index in [1.807, 2.05) is 6.92 Å². The van der Waals surface area contributed by atoms with Crippen LogP contribution < -0.4 is 10.6 Å². The van der Waals surface area contributed by atoms with E-state index in [2.05, 4.69) is 10.6 Å². The third kappa shape index (κ3) is 3.88. The van der Waals surface area contributed by atoms with Gasteiger partial charge in [0.1, 0.15) is 5.54 Å². The number of rotatable bonds is 7. The number of carboxylic acids is 1. The van der Waals surface area contributed by atoms with Gasteiger partial charge in [0.2, 0.25) is 5.91 Å². The third-order valence-corrected chi connectivity index (χ3v) is 4.68. The van der Waals surface area contributed by atoms with Gasteiger partial charge in [-0.15, -0.1) is 11.8 Å². The number of hydrogen-bond acceptors (Lipinski definition) is 4. The molecule has 1 aliphatic carbocycles. The molecule has 0 aromatic rings. The fraction of sp³-hybridized carbons (Fsp3) is 0.833. The number of amides is 1. The van der Waals surface area contributed by atoms with Gasteiger partial charge < -0.3 is 15.7 Å². The summed E-state index contributed by atoms with van der Waals surface area (Å²) in [4.78, 5) is 22.7. The van der Waals surface area contributed by atoms with E-state index in [0.29, 0.717) is 25.1 Å². The Morgan fingerprint density at radius 2 is 2.22 bits per heavy atom. The van der Waals surface area contributed by atoms with Gasteiger partial charge in [-0.1, -0.05) is 6.92 Å². The average molecular weight is 274 g/mol. The van der Waals surface area contributed by atoms with E-state index in [-0.39, 0.29) is 11.2 Å². The van der Waals surface area contributed by atoms with E-state index in [1.165, 1.54) is 0 Å². The molecule has 2 unspecified atom stereocenters. The summed E-state index contributed by atoms with van der Waals surface area (Å²) < 4.78 is 0.